The molecule has 2 rings (SSSR count). The summed E-state index contributed by atoms with van der Waals surface area (Å²) in [6, 6.07) is 5.54. The van der Waals surface area contributed by atoms with Gasteiger partial charge < -0.3 is 15.0 Å². The van der Waals surface area contributed by atoms with Crippen LogP contribution in [0.5, 0.6) is 5.75 Å². The molecule has 0 aliphatic carbocycles. The fourth-order valence-electron chi connectivity index (χ4n) is 3.49. The molecule has 0 unspecified atom stereocenters. The van der Waals surface area contributed by atoms with Crippen molar-refractivity contribution in [3.05, 3.63) is 23.2 Å². The Kier molecular flexibility index (Phi) is 7.29. The van der Waals surface area contributed by atoms with Crippen molar-refractivity contribution in [2.24, 2.45) is 0 Å². The van der Waals surface area contributed by atoms with Gasteiger partial charge in [-0.1, -0.05) is 11.6 Å². The minimum Gasteiger partial charge on any atom is -0.495 e. The normalized spacial score (nSPS) is 20.2. The van der Waals surface area contributed by atoms with E-state index < -0.39 is 0 Å². The fourth-order valence-corrected chi connectivity index (χ4v) is 3.67. The zero-order valence-corrected chi connectivity index (χ0v) is 16.7. The van der Waals surface area contributed by atoms with E-state index in [0.717, 1.165) is 19.3 Å². The van der Waals surface area contributed by atoms with E-state index in [1.165, 1.54) is 7.11 Å². The standard InChI is InChI=1S/C19H28ClN3O3/c1-13-6-5-7-14(2)23(13)19(25)12-22(3)11-18(24)21-16-10-15(20)8-9-17(16)26-4/h8-10,13-14H,5-7,11-12H2,1-4H3,(H,21,24)/t13-,14-/m0/s1. The third-order valence-corrected chi connectivity index (χ3v) is 4.97. The summed E-state index contributed by atoms with van der Waals surface area (Å²) in [5.74, 6) is 0.387. The van der Waals surface area contributed by atoms with E-state index in [1.54, 1.807) is 30.1 Å². The van der Waals surface area contributed by atoms with Crippen LogP contribution in [0, 0.1) is 0 Å². The number of hydrogen-bond acceptors (Lipinski definition) is 4. The highest BCUT2D eigenvalue weighted by Crippen LogP contribution is 2.27. The minimum atomic E-state index is -0.222. The Morgan fingerprint density at radius 2 is 1.92 bits per heavy atom. The van der Waals surface area contributed by atoms with Gasteiger partial charge in [0.2, 0.25) is 11.8 Å². The number of carbonyl (C=O) groups excluding carboxylic acids is 2. The molecule has 0 aromatic heterocycles. The summed E-state index contributed by atoms with van der Waals surface area (Å²) < 4.78 is 5.23. The van der Waals surface area contributed by atoms with Gasteiger partial charge in [-0.05, 0) is 58.4 Å². The first kappa shape index (κ1) is 20.5. The van der Waals surface area contributed by atoms with Crippen molar-refractivity contribution in [3.8, 4) is 5.75 Å². The van der Waals surface area contributed by atoms with E-state index in [9.17, 15) is 9.59 Å². The second kappa shape index (κ2) is 9.24. The molecule has 1 saturated heterocycles. The molecule has 1 aromatic rings. The van der Waals surface area contributed by atoms with E-state index in [0.29, 0.717) is 16.5 Å². The summed E-state index contributed by atoms with van der Waals surface area (Å²) in [5.41, 5.74) is 0.517. The third-order valence-electron chi connectivity index (χ3n) is 4.74. The van der Waals surface area contributed by atoms with Gasteiger partial charge in [-0.2, -0.15) is 0 Å². The highest BCUT2D eigenvalue weighted by atomic mass is 35.5. The van der Waals surface area contributed by atoms with Crippen molar-refractivity contribution in [3.63, 3.8) is 0 Å². The smallest absolute Gasteiger partial charge is 0.238 e. The lowest BCUT2D eigenvalue weighted by atomic mass is 9.97. The van der Waals surface area contributed by atoms with Crippen LogP contribution in [-0.4, -0.2) is 60.9 Å². The van der Waals surface area contributed by atoms with E-state index in [4.69, 9.17) is 16.3 Å². The lowest BCUT2D eigenvalue weighted by Gasteiger charge is -2.39. The third kappa shape index (κ3) is 5.35. The monoisotopic (exact) mass is 381 g/mol. The van der Waals surface area contributed by atoms with Gasteiger partial charge in [0.05, 0.1) is 25.9 Å². The number of likely N-dealkylation sites (tertiary alicyclic amines) is 1. The molecule has 0 bridgehead atoms. The number of anilines is 1. The van der Waals surface area contributed by atoms with Crippen molar-refractivity contribution in [2.75, 3.05) is 32.6 Å². The Morgan fingerprint density at radius 3 is 2.54 bits per heavy atom. The van der Waals surface area contributed by atoms with Crippen molar-refractivity contribution in [1.29, 1.82) is 0 Å². The van der Waals surface area contributed by atoms with Gasteiger partial charge in [0.15, 0.2) is 0 Å². The van der Waals surface area contributed by atoms with E-state index in [-0.39, 0.29) is 37.0 Å². The first-order valence-corrected chi connectivity index (χ1v) is 9.32. The largest absolute Gasteiger partial charge is 0.495 e. The Balaban J connectivity index is 1.91. The van der Waals surface area contributed by atoms with Crippen molar-refractivity contribution >= 4 is 29.1 Å². The second-order valence-electron chi connectivity index (χ2n) is 7.00. The van der Waals surface area contributed by atoms with Gasteiger partial charge >= 0.3 is 0 Å². The number of nitrogens with zero attached hydrogens (tertiary/aromatic N) is 2. The van der Waals surface area contributed by atoms with Crippen LogP contribution in [0.4, 0.5) is 5.69 Å². The summed E-state index contributed by atoms with van der Waals surface area (Å²) in [7, 11) is 3.30. The molecule has 144 valence electrons. The molecule has 0 saturated carbocycles. The average molecular weight is 382 g/mol. The van der Waals surface area contributed by atoms with Gasteiger partial charge in [0.25, 0.3) is 0 Å². The van der Waals surface area contributed by atoms with Crippen LogP contribution >= 0.6 is 11.6 Å². The number of ether oxygens (including phenoxy) is 1. The van der Waals surface area contributed by atoms with Gasteiger partial charge in [0, 0.05) is 17.1 Å². The molecule has 1 aromatic carbocycles. The average Bonchev–Trinajstić information content (AvgIpc) is 2.54. The first-order chi connectivity index (χ1) is 12.3. The summed E-state index contributed by atoms with van der Waals surface area (Å²) in [4.78, 5) is 28.6. The van der Waals surface area contributed by atoms with Crippen LogP contribution < -0.4 is 10.1 Å². The molecule has 6 nitrogen and oxygen atoms in total. The number of amides is 2. The number of carbonyl (C=O) groups is 2. The molecule has 7 heteroatoms. The Morgan fingerprint density at radius 1 is 1.27 bits per heavy atom. The van der Waals surface area contributed by atoms with Crippen molar-refractivity contribution in [1.82, 2.24) is 9.80 Å². The predicted octanol–water partition coefficient (Wildman–Crippen LogP) is 3.01. The number of nitrogens with one attached hydrogen (secondary N) is 1. The molecule has 1 aliphatic rings. The Labute approximate surface area is 160 Å². The lowest BCUT2D eigenvalue weighted by Crippen LogP contribution is -2.51. The number of methoxy groups -OCH3 is 1. The molecule has 1 fully saturated rings. The molecule has 26 heavy (non-hydrogen) atoms. The van der Waals surface area contributed by atoms with Crippen molar-refractivity contribution in [2.45, 2.75) is 45.2 Å². The van der Waals surface area contributed by atoms with E-state index >= 15 is 0 Å². The van der Waals surface area contributed by atoms with Gasteiger partial charge in [-0.15, -0.1) is 0 Å². The van der Waals surface area contributed by atoms with Crippen LogP contribution in [0.2, 0.25) is 5.02 Å². The van der Waals surface area contributed by atoms with Crippen molar-refractivity contribution < 1.29 is 14.3 Å². The summed E-state index contributed by atoms with van der Waals surface area (Å²) in [6.07, 6.45) is 3.23. The number of hydrogen-bond donors (Lipinski definition) is 1. The molecule has 2 amide bonds. The zero-order chi connectivity index (χ0) is 19.3. The molecule has 1 heterocycles. The van der Waals surface area contributed by atoms with Crippen LogP contribution in [0.25, 0.3) is 0 Å². The zero-order valence-electron chi connectivity index (χ0n) is 15.9. The minimum absolute atomic E-state index is 0.0698. The summed E-state index contributed by atoms with van der Waals surface area (Å²) in [6.45, 7) is 4.50. The number of piperidine rings is 1. The highest BCUT2D eigenvalue weighted by Gasteiger charge is 2.29. The van der Waals surface area contributed by atoms with Crippen LogP contribution in [-0.2, 0) is 9.59 Å². The number of benzene rings is 1. The maximum Gasteiger partial charge on any atom is 0.238 e. The number of rotatable bonds is 6. The summed E-state index contributed by atoms with van der Waals surface area (Å²) >= 11 is 5.98. The quantitative estimate of drug-likeness (QED) is 0.822. The molecule has 0 spiro atoms. The van der Waals surface area contributed by atoms with E-state index in [1.807, 2.05) is 4.90 Å². The number of halogens is 1. The Hall–Kier alpha value is -1.79. The van der Waals surface area contributed by atoms with E-state index in [2.05, 4.69) is 19.2 Å². The molecule has 1 aliphatic heterocycles. The molecule has 1 N–H and O–H groups in total. The van der Waals surface area contributed by atoms with Gasteiger partial charge in [-0.3, -0.25) is 14.5 Å². The highest BCUT2D eigenvalue weighted by molar-refractivity contribution is 6.31. The van der Waals surface area contributed by atoms with Crippen LogP contribution in [0.1, 0.15) is 33.1 Å². The SMILES string of the molecule is COc1ccc(Cl)cc1NC(=O)CN(C)CC(=O)N1[C@@H](C)CCC[C@@H]1C. The molecular formula is C19H28ClN3O3. The van der Waals surface area contributed by atoms with Gasteiger partial charge in [0.1, 0.15) is 5.75 Å². The number of likely N-dealkylation sites (N-methyl/N-ethyl adjacent to an activating group) is 1. The lowest BCUT2D eigenvalue weighted by molar-refractivity contribution is -0.138. The molecule has 2 atom stereocenters. The summed E-state index contributed by atoms with van der Waals surface area (Å²) in [5, 5.41) is 3.30. The van der Waals surface area contributed by atoms with Crippen LogP contribution in [0.3, 0.4) is 0 Å². The van der Waals surface area contributed by atoms with Crippen LogP contribution in [0.15, 0.2) is 18.2 Å². The Bertz CT molecular complexity index is 643. The maximum atomic E-state index is 12.6. The molecule has 0 radical (unpaired) electrons. The second-order valence-corrected chi connectivity index (χ2v) is 7.43. The first-order valence-electron chi connectivity index (χ1n) is 8.95. The maximum absolute atomic E-state index is 12.6. The topological polar surface area (TPSA) is 61.9 Å². The predicted molar refractivity (Wildman–Crippen MR) is 104 cm³/mol. The molecular weight excluding hydrogens is 354 g/mol. The van der Waals surface area contributed by atoms with Gasteiger partial charge in [-0.25, -0.2) is 0 Å². The fraction of sp³-hybridized carbons (Fsp3) is 0.579.